The highest BCUT2D eigenvalue weighted by Crippen LogP contribution is 2.28. The third-order valence-electron chi connectivity index (χ3n) is 4.31. The van der Waals surface area contributed by atoms with Crippen LogP contribution in [-0.4, -0.2) is 52.5 Å². The summed E-state index contributed by atoms with van der Waals surface area (Å²) in [5.41, 5.74) is 0.890. The van der Waals surface area contributed by atoms with Gasteiger partial charge in [0.25, 0.3) is 0 Å². The molecule has 4 atom stereocenters. The average molecular weight is 409 g/mol. The normalized spacial score (nSPS) is 25.8. The fourth-order valence-electron chi connectivity index (χ4n) is 3.00. The molecule has 1 aliphatic heterocycles. The van der Waals surface area contributed by atoms with Gasteiger partial charge in [-0.1, -0.05) is 36.4 Å². The number of benzene rings is 1. The Hall–Kier alpha value is -1.02. The van der Waals surface area contributed by atoms with E-state index in [9.17, 15) is 0 Å². The van der Waals surface area contributed by atoms with Crippen LogP contribution in [0, 0.1) is 0 Å². The molecule has 0 radical (unpaired) electrons. The molecule has 0 aromatic heterocycles. The van der Waals surface area contributed by atoms with Crippen LogP contribution in [0.15, 0.2) is 43.0 Å². The summed E-state index contributed by atoms with van der Waals surface area (Å²) in [5, 5.41) is 0. The second kappa shape index (κ2) is 11.2. The Bertz CT molecular complexity index is 572. The fraction of sp³-hybridized carbons (Fsp3) is 0.636. The Labute approximate surface area is 171 Å². The summed E-state index contributed by atoms with van der Waals surface area (Å²) in [4.78, 5) is 0. The van der Waals surface area contributed by atoms with Crippen molar-refractivity contribution >= 4 is 9.04 Å². The largest absolute Gasteiger partial charge is 0.394 e. The molecule has 1 heterocycles. The quantitative estimate of drug-likeness (QED) is 0.431. The van der Waals surface area contributed by atoms with Crippen LogP contribution in [0.25, 0.3) is 0 Å². The van der Waals surface area contributed by atoms with Crippen molar-refractivity contribution in [3.05, 3.63) is 48.6 Å². The monoisotopic (exact) mass is 408 g/mol. The first-order chi connectivity index (χ1) is 13.3. The lowest BCUT2D eigenvalue weighted by Gasteiger charge is -2.42. The summed E-state index contributed by atoms with van der Waals surface area (Å²) in [6, 6.07) is 10.2. The highest BCUT2D eigenvalue weighted by atomic mass is 28.3. The van der Waals surface area contributed by atoms with E-state index in [2.05, 4.69) is 31.8 Å². The molecule has 1 saturated heterocycles. The van der Waals surface area contributed by atoms with Crippen LogP contribution in [0.2, 0.25) is 13.1 Å². The highest BCUT2D eigenvalue weighted by Gasteiger charge is 2.40. The molecule has 6 heteroatoms. The van der Waals surface area contributed by atoms with Crippen molar-refractivity contribution in [2.24, 2.45) is 0 Å². The predicted octanol–water partition coefficient (Wildman–Crippen LogP) is 4.07. The molecule has 0 spiro atoms. The zero-order valence-corrected chi connectivity index (χ0v) is 19.1. The maximum Gasteiger partial charge on any atom is 0.174 e. The van der Waals surface area contributed by atoms with Crippen molar-refractivity contribution in [2.75, 3.05) is 13.2 Å². The Morgan fingerprint density at radius 2 is 1.86 bits per heavy atom. The Morgan fingerprint density at radius 3 is 2.46 bits per heavy atom. The molecule has 28 heavy (non-hydrogen) atoms. The summed E-state index contributed by atoms with van der Waals surface area (Å²) < 4.78 is 30.7. The Balaban J connectivity index is 2.09. The van der Waals surface area contributed by atoms with E-state index in [0.717, 1.165) is 5.56 Å². The summed E-state index contributed by atoms with van der Waals surface area (Å²) in [5.74, 6) is 0. The minimum absolute atomic E-state index is 0.133. The smallest absolute Gasteiger partial charge is 0.174 e. The van der Waals surface area contributed by atoms with Gasteiger partial charge in [0.2, 0.25) is 0 Å². The van der Waals surface area contributed by atoms with E-state index in [1.165, 1.54) is 0 Å². The molecule has 1 fully saturated rings. The van der Waals surface area contributed by atoms with Gasteiger partial charge in [-0.05, 0) is 39.4 Å². The maximum atomic E-state index is 6.31. The molecule has 0 amide bonds. The molecule has 0 unspecified atom stereocenters. The second-order valence-corrected chi connectivity index (χ2v) is 10.8. The number of hydrogen-bond donors (Lipinski definition) is 0. The van der Waals surface area contributed by atoms with E-state index in [0.29, 0.717) is 26.2 Å². The summed E-state index contributed by atoms with van der Waals surface area (Å²) in [6.07, 6.45) is 1.54. The molecule has 1 aliphatic rings. The molecule has 1 aromatic carbocycles. The van der Waals surface area contributed by atoms with E-state index in [1.807, 2.05) is 39.0 Å². The van der Waals surface area contributed by atoms with Gasteiger partial charge in [-0.3, -0.25) is 0 Å². The van der Waals surface area contributed by atoms with Crippen LogP contribution >= 0.6 is 0 Å². The van der Waals surface area contributed by atoms with Gasteiger partial charge in [0.05, 0.1) is 31.5 Å². The molecule has 158 valence electrons. The van der Waals surface area contributed by atoms with Crippen LogP contribution in [0.4, 0.5) is 0 Å². The van der Waals surface area contributed by atoms with Crippen molar-refractivity contribution < 1.29 is 23.4 Å². The average Bonchev–Trinajstić information content (AvgIpc) is 2.64. The van der Waals surface area contributed by atoms with Gasteiger partial charge in [-0.25, -0.2) is 0 Å². The first-order valence-electron chi connectivity index (χ1n) is 10.1. The molecular formula is C22H36O5Si. The van der Waals surface area contributed by atoms with Gasteiger partial charge in [0, 0.05) is 6.42 Å². The molecule has 0 aliphatic carbocycles. The Morgan fingerprint density at radius 1 is 1.14 bits per heavy atom. The number of rotatable bonds is 10. The zero-order chi connectivity index (χ0) is 20.6. The van der Waals surface area contributed by atoms with Crippen molar-refractivity contribution in [1.82, 2.24) is 0 Å². The first-order valence-corrected chi connectivity index (χ1v) is 12.9. The lowest BCUT2D eigenvalue weighted by atomic mass is 10.0. The minimum Gasteiger partial charge on any atom is -0.394 e. The third kappa shape index (κ3) is 8.15. The topological polar surface area (TPSA) is 46.2 Å². The van der Waals surface area contributed by atoms with Crippen LogP contribution in [-0.2, 0) is 30.0 Å². The van der Waals surface area contributed by atoms with Crippen LogP contribution in [0.5, 0.6) is 0 Å². The van der Waals surface area contributed by atoms with Crippen LogP contribution in [0.3, 0.4) is 0 Å². The number of hydrogen-bond acceptors (Lipinski definition) is 5. The van der Waals surface area contributed by atoms with Crippen molar-refractivity contribution in [2.45, 2.75) is 77.1 Å². The molecule has 2 rings (SSSR count). The summed E-state index contributed by atoms with van der Waals surface area (Å²) in [7, 11) is -1.29. The molecule has 1 aromatic rings. The zero-order valence-electron chi connectivity index (χ0n) is 17.9. The first kappa shape index (κ1) is 23.3. The lowest BCUT2D eigenvalue weighted by Crippen LogP contribution is -2.53. The van der Waals surface area contributed by atoms with E-state index in [1.54, 1.807) is 6.08 Å². The molecule has 0 saturated carbocycles. The van der Waals surface area contributed by atoms with Crippen molar-refractivity contribution in [3.8, 4) is 0 Å². The standard InChI is InChI=1S/C22H36O5Si/c1-7-13-23-19-14-18(24-15-17-11-9-8-10-12-17)20(16-25-22(2,3)4)26-21(19)27-28(5)6/h7-12,18-21,28H,1,13-16H2,2-6H3/t18-,19+,20+,21+/m0/s1. The van der Waals surface area contributed by atoms with E-state index in [-0.39, 0.29) is 23.9 Å². The predicted molar refractivity (Wildman–Crippen MR) is 114 cm³/mol. The second-order valence-electron chi connectivity index (χ2n) is 8.38. The van der Waals surface area contributed by atoms with E-state index < -0.39 is 15.3 Å². The molecular weight excluding hydrogens is 372 g/mol. The van der Waals surface area contributed by atoms with Gasteiger partial charge in [-0.2, -0.15) is 0 Å². The van der Waals surface area contributed by atoms with Crippen molar-refractivity contribution in [1.29, 1.82) is 0 Å². The Kier molecular flexibility index (Phi) is 9.33. The fourth-order valence-corrected chi connectivity index (χ4v) is 3.77. The minimum atomic E-state index is -1.29. The van der Waals surface area contributed by atoms with E-state index >= 15 is 0 Å². The van der Waals surface area contributed by atoms with Crippen molar-refractivity contribution in [3.63, 3.8) is 0 Å². The lowest BCUT2D eigenvalue weighted by molar-refractivity contribution is -0.267. The molecule has 0 N–H and O–H groups in total. The van der Waals surface area contributed by atoms with Gasteiger partial charge < -0.3 is 23.4 Å². The molecule has 5 nitrogen and oxygen atoms in total. The summed E-state index contributed by atoms with van der Waals surface area (Å²) >= 11 is 0. The van der Waals surface area contributed by atoms with Gasteiger partial charge in [0.15, 0.2) is 15.3 Å². The van der Waals surface area contributed by atoms with Gasteiger partial charge in [0.1, 0.15) is 12.2 Å². The van der Waals surface area contributed by atoms with Gasteiger partial charge >= 0.3 is 0 Å². The van der Waals surface area contributed by atoms with Crippen LogP contribution < -0.4 is 0 Å². The van der Waals surface area contributed by atoms with Crippen LogP contribution in [0.1, 0.15) is 32.8 Å². The SMILES string of the molecule is C=CCO[C@@H]1C[C@H](OCc2ccccc2)[C@@H](COC(C)(C)C)O[C@@H]1O[SiH](C)C. The number of ether oxygens (including phenoxy) is 4. The summed E-state index contributed by atoms with van der Waals surface area (Å²) in [6.45, 7) is 15.6. The third-order valence-corrected chi connectivity index (χ3v) is 5.13. The maximum absolute atomic E-state index is 6.31. The molecule has 0 bridgehead atoms. The van der Waals surface area contributed by atoms with E-state index in [4.69, 9.17) is 23.4 Å². The highest BCUT2D eigenvalue weighted by molar-refractivity contribution is 6.48. The van der Waals surface area contributed by atoms with Gasteiger partial charge in [-0.15, -0.1) is 6.58 Å².